The molecule has 1 aromatic carbocycles. The molecule has 3 rings (SSSR count). The Morgan fingerprint density at radius 1 is 1.44 bits per heavy atom. The number of methoxy groups -OCH3 is 1. The molecule has 0 unspecified atom stereocenters. The second-order valence-electron chi connectivity index (χ2n) is 5.84. The fourth-order valence-corrected chi connectivity index (χ4v) is 2.97. The normalized spacial score (nSPS) is 15.1. The quantitative estimate of drug-likeness (QED) is 0.742. The van der Waals surface area contributed by atoms with E-state index in [2.05, 4.69) is 43.0 Å². The first-order valence-electron chi connectivity index (χ1n) is 8.30. The first-order valence-corrected chi connectivity index (χ1v) is 8.30. The molecule has 8 nitrogen and oxygen atoms in total. The third-order valence-corrected chi connectivity index (χ3v) is 4.30. The lowest BCUT2D eigenvalue weighted by molar-refractivity contribution is 0.343. The molecule has 0 radical (unpaired) electrons. The average Bonchev–Trinajstić information content (AvgIpc) is 3.35. The molecular formula is C17H21N7O. The van der Waals surface area contributed by atoms with Gasteiger partial charge in [-0.3, -0.25) is 0 Å². The maximum Gasteiger partial charge on any atom is 0.216 e. The van der Waals surface area contributed by atoms with Crippen LogP contribution < -0.4 is 10.1 Å². The topological polar surface area (TPSA) is 103 Å². The number of para-hydroxylation sites is 1. The van der Waals surface area contributed by atoms with Gasteiger partial charge in [-0.15, -0.1) is 10.2 Å². The van der Waals surface area contributed by atoms with Crippen LogP contribution in [-0.4, -0.2) is 52.3 Å². The van der Waals surface area contributed by atoms with Gasteiger partial charge in [-0.2, -0.15) is 10.5 Å². The predicted octanol–water partition coefficient (Wildman–Crippen LogP) is 1.82. The molecule has 1 aliphatic heterocycles. The molecule has 2 aromatic rings. The number of tetrazole rings is 1. The maximum atomic E-state index is 9.30. The van der Waals surface area contributed by atoms with Gasteiger partial charge in [0.2, 0.25) is 5.82 Å². The summed E-state index contributed by atoms with van der Waals surface area (Å²) >= 11 is 0. The summed E-state index contributed by atoms with van der Waals surface area (Å²) in [5.74, 6) is 0.990. The first kappa shape index (κ1) is 16.9. The van der Waals surface area contributed by atoms with Gasteiger partial charge in [-0.25, -0.2) is 0 Å². The Hall–Kier alpha value is -2.92. The first-order chi connectivity index (χ1) is 12.3. The van der Waals surface area contributed by atoms with E-state index in [9.17, 15) is 5.26 Å². The number of aromatic amines is 1. The predicted molar refractivity (Wildman–Crippen MR) is 93.8 cm³/mol. The van der Waals surface area contributed by atoms with Crippen LogP contribution in [0.25, 0.3) is 5.57 Å². The minimum absolute atomic E-state index is 0.253. The number of nitrogens with one attached hydrogen (secondary N) is 2. The summed E-state index contributed by atoms with van der Waals surface area (Å²) in [6.07, 6.45) is 5.06. The SMILES string of the molecule is COc1cccc(CCN2CCCC2)c1NC=C(C#N)c1nn[nH]n1. The van der Waals surface area contributed by atoms with Crippen molar-refractivity contribution in [2.45, 2.75) is 19.3 Å². The molecule has 1 saturated heterocycles. The molecule has 2 heterocycles. The molecule has 1 fully saturated rings. The van der Waals surface area contributed by atoms with Gasteiger partial charge in [0, 0.05) is 12.7 Å². The smallest absolute Gasteiger partial charge is 0.216 e. The van der Waals surface area contributed by atoms with Gasteiger partial charge >= 0.3 is 0 Å². The Morgan fingerprint density at radius 2 is 2.28 bits per heavy atom. The Bertz CT molecular complexity index is 758. The van der Waals surface area contributed by atoms with Crippen molar-refractivity contribution in [3.05, 3.63) is 35.8 Å². The Balaban J connectivity index is 1.79. The molecule has 0 aliphatic carbocycles. The highest BCUT2D eigenvalue weighted by molar-refractivity contribution is 5.75. The van der Waals surface area contributed by atoms with Crippen LogP contribution in [0.2, 0.25) is 0 Å². The summed E-state index contributed by atoms with van der Waals surface area (Å²) in [6.45, 7) is 3.35. The van der Waals surface area contributed by atoms with Crippen molar-refractivity contribution >= 4 is 11.3 Å². The van der Waals surface area contributed by atoms with E-state index < -0.39 is 0 Å². The fourth-order valence-electron chi connectivity index (χ4n) is 2.97. The summed E-state index contributed by atoms with van der Waals surface area (Å²) in [6, 6.07) is 8.03. The summed E-state index contributed by atoms with van der Waals surface area (Å²) in [7, 11) is 1.64. The third kappa shape index (κ3) is 4.14. The number of aromatic nitrogens is 4. The number of anilines is 1. The van der Waals surface area contributed by atoms with Crippen LogP contribution in [0.5, 0.6) is 5.75 Å². The Labute approximate surface area is 146 Å². The molecule has 0 atom stereocenters. The summed E-state index contributed by atoms with van der Waals surface area (Å²) in [4.78, 5) is 2.47. The number of H-pyrrole nitrogens is 1. The number of hydrogen-bond donors (Lipinski definition) is 2. The van der Waals surface area contributed by atoms with Crippen molar-refractivity contribution in [2.24, 2.45) is 0 Å². The van der Waals surface area contributed by atoms with E-state index in [4.69, 9.17) is 4.74 Å². The average molecular weight is 339 g/mol. The third-order valence-electron chi connectivity index (χ3n) is 4.30. The van der Waals surface area contributed by atoms with Gasteiger partial charge in [0.15, 0.2) is 0 Å². The highest BCUT2D eigenvalue weighted by Gasteiger charge is 2.14. The minimum atomic E-state index is 0.253. The zero-order valence-electron chi connectivity index (χ0n) is 14.2. The van der Waals surface area contributed by atoms with Crippen molar-refractivity contribution in [2.75, 3.05) is 32.1 Å². The molecule has 130 valence electrons. The van der Waals surface area contributed by atoms with E-state index >= 15 is 0 Å². The van der Waals surface area contributed by atoms with Gasteiger partial charge in [0.1, 0.15) is 17.4 Å². The highest BCUT2D eigenvalue weighted by atomic mass is 16.5. The van der Waals surface area contributed by atoms with Crippen LogP contribution in [-0.2, 0) is 6.42 Å². The van der Waals surface area contributed by atoms with Gasteiger partial charge in [-0.1, -0.05) is 12.1 Å². The number of likely N-dealkylation sites (tertiary alicyclic amines) is 1. The van der Waals surface area contributed by atoms with Crippen molar-refractivity contribution in [1.82, 2.24) is 25.5 Å². The highest BCUT2D eigenvalue weighted by Crippen LogP contribution is 2.29. The van der Waals surface area contributed by atoms with Crippen molar-refractivity contribution < 1.29 is 4.74 Å². The van der Waals surface area contributed by atoms with Crippen LogP contribution in [0.15, 0.2) is 24.4 Å². The molecule has 0 spiro atoms. The van der Waals surface area contributed by atoms with Gasteiger partial charge in [0.05, 0.1) is 12.8 Å². The zero-order valence-corrected chi connectivity index (χ0v) is 14.2. The standard InChI is InChI=1S/C17H21N7O/c1-25-15-6-4-5-13(7-10-24-8-2-3-9-24)16(15)19-12-14(11-18)17-20-22-23-21-17/h4-6,12,19H,2-3,7-10H2,1H3,(H,20,21,22,23). The van der Waals surface area contributed by atoms with E-state index in [0.717, 1.165) is 30.0 Å². The largest absolute Gasteiger partial charge is 0.495 e. The molecule has 25 heavy (non-hydrogen) atoms. The summed E-state index contributed by atoms with van der Waals surface area (Å²) < 4.78 is 5.48. The molecule has 0 saturated carbocycles. The van der Waals surface area contributed by atoms with Crippen LogP contribution >= 0.6 is 0 Å². The van der Waals surface area contributed by atoms with Crippen LogP contribution in [0, 0.1) is 11.3 Å². The Morgan fingerprint density at radius 3 is 2.96 bits per heavy atom. The Kier molecular flexibility index (Phi) is 5.59. The number of hydrogen-bond acceptors (Lipinski definition) is 7. The zero-order chi connectivity index (χ0) is 17.5. The summed E-state index contributed by atoms with van der Waals surface area (Å²) in [5, 5.41) is 26.0. The minimum Gasteiger partial charge on any atom is -0.495 e. The van der Waals surface area contributed by atoms with E-state index in [-0.39, 0.29) is 5.82 Å². The van der Waals surface area contributed by atoms with E-state index in [0.29, 0.717) is 5.57 Å². The fraction of sp³-hybridized carbons (Fsp3) is 0.412. The van der Waals surface area contributed by atoms with E-state index in [1.807, 2.05) is 12.1 Å². The molecule has 0 amide bonds. The lowest BCUT2D eigenvalue weighted by Gasteiger charge is -2.18. The lowest BCUT2D eigenvalue weighted by atomic mass is 10.1. The number of rotatable bonds is 7. The molecule has 2 N–H and O–H groups in total. The van der Waals surface area contributed by atoms with Crippen molar-refractivity contribution in [3.8, 4) is 11.8 Å². The molecule has 0 bridgehead atoms. The van der Waals surface area contributed by atoms with E-state index in [1.165, 1.54) is 25.9 Å². The molecule has 8 heteroatoms. The molecule has 1 aromatic heterocycles. The molecule has 1 aliphatic rings. The van der Waals surface area contributed by atoms with Crippen molar-refractivity contribution in [3.63, 3.8) is 0 Å². The van der Waals surface area contributed by atoms with Crippen LogP contribution in [0.4, 0.5) is 5.69 Å². The van der Waals surface area contributed by atoms with Crippen molar-refractivity contribution in [1.29, 1.82) is 5.26 Å². The second-order valence-corrected chi connectivity index (χ2v) is 5.84. The monoisotopic (exact) mass is 339 g/mol. The number of benzene rings is 1. The van der Waals surface area contributed by atoms with Gasteiger partial charge in [0.25, 0.3) is 0 Å². The van der Waals surface area contributed by atoms with Gasteiger partial charge in [-0.05, 0) is 49.2 Å². The molecular weight excluding hydrogens is 318 g/mol. The number of ether oxygens (including phenoxy) is 1. The van der Waals surface area contributed by atoms with Crippen LogP contribution in [0.1, 0.15) is 24.2 Å². The maximum absolute atomic E-state index is 9.30. The van der Waals surface area contributed by atoms with E-state index in [1.54, 1.807) is 13.3 Å². The number of allylic oxidation sites excluding steroid dienone is 1. The lowest BCUT2D eigenvalue weighted by Crippen LogP contribution is -2.22. The second kappa shape index (κ2) is 8.26. The number of nitrogens with zero attached hydrogens (tertiary/aromatic N) is 5. The summed E-state index contributed by atoms with van der Waals surface area (Å²) in [5.41, 5.74) is 2.30. The van der Waals surface area contributed by atoms with Crippen LogP contribution in [0.3, 0.4) is 0 Å². The van der Waals surface area contributed by atoms with Gasteiger partial charge < -0.3 is 15.0 Å². The number of nitriles is 1.